The summed E-state index contributed by atoms with van der Waals surface area (Å²) in [5, 5.41) is 4.26. The van der Waals surface area contributed by atoms with E-state index in [4.69, 9.17) is 4.52 Å². The Labute approximate surface area is 158 Å². The second-order valence-corrected chi connectivity index (χ2v) is 7.42. The van der Waals surface area contributed by atoms with E-state index in [0.717, 1.165) is 52.6 Å². The smallest absolute Gasteiger partial charge is 0.255 e. The second-order valence-electron chi connectivity index (χ2n) is 7.42. The summed E-state index contributed by atoms with van der Waals surface area (Å²) < 4.78 is 5.47. The fraction of sp³-hybridized carbons (Fsp3) is 0.381. The Morgan fingerprint density at radius 3 is 2.78 bits per heavy atom. The van der Waals surface area contributed by atoms with E-state index in [-0.39, 0.29) is 11.5 Å². The second kappa shape index (κ2) is 7.12. The highest BCUT2D eigenvalue weighted by Crippen LogP contribution is 2.27. The van der Waals surface area contributed by atoms with Crippen molar-refractivity contribution in [2.24, 2.45) is 0 Å². The lowest BCUT2D eigenvalue weighted by Gasteiger charge is -2.28. The molecule has 1 aromatic carbocycles. The van der Waals surface area contributed by atoms with Crippen molar-refractivity contribution in [1.82, 2.24) is 20.0 Å². The zero-order valence-electron chi connectivity index (χ0n) is 16.0. The first kappa shape index (κ1) is 17.7. The van der Waals surface area contributed by atoms with Gasteiger partial charge in [0, 0.05) is 43.1 Å². The van der Waals surface area contributed by atoms with Crippen LogP contribution in [0.1, 0.15) is 48.2 Å². The Morgan fingerprint density at radius 1 is 1.26 bits per heavy atom. The van der Waals surface area contributed by atoms with E-state index in [0.29, 0.717) is 13.1 Å². The number of nitrogens with one attached hydrogen (secondary N) is 1. The fourth-order valence-electron chi connectivity index (χ4n) is 3.53. The third-order valence-corrected chi connectivity index (χ3v) is 5.13. The van der Waals surface area contributed by atoms with Crippen LogP contribution in [0.3, 0.4) is 0 Å². The van der Waals surface area contributed by atoms with Crippen molar-refractivity contribution in [2.75, 3.05) is 6.54 Å². The summed E-state index contributed by atoms with van der Waals surface area (Å²) in [6.45, 7) is 8.17. The predicted molar refractivity (Wildman–Crippen MR) is 103 cm³/mol. The van der Waals surface area contributed by atoms with Crippen LogP contribution in [-0.4, -0.2) is 26.6 Å². The van der Waals surface area contributed by atoms with E-state index < -0.39 is 0 Å². The van der Waals surface area contributed by atoms with E-state index in [9.17, 15) is 4.79 Å². The quantitative estimate of drug-likeness (QED) is 0.768. The number of aromatic amines is 1. The van der Waals surface area contributed by atoms with Crippen LogP contribution >= 0.6 is 0 Å². The molecular formula is C21H24N4O2. The molecule has 0 saturated heterocycles. The average Bonchev–Trinajstić information content (AvgIpc) is 3.03. The lowest BCUT2D eigenvalue weighted by Crippen LogP contribution is -2.36. The topological polar surface area (TPSA) is 75.0 Å². The molecule has 0 unspecified atom stereocenters. The third-order valence-electron chi connectivity index (χ3n) is 5.13. The minimum atomic E-state index is -0.0151. The Kier molecular flexibility index (Phi) is 4.66. The van der Waals surface area contributed by atoms with Crippen molar-refractivity contribution in [3.63, 3.8) is 0 Å². The lowest BCUT2D eigenvalue weighted by atomic mass is 10.0. The Balaban J connectivity index is 1.60. The first-order chi connectivity index (χ1) is 13.0. The molecular weight excluding hydrogens is 340 g/mol. The minimum Gasteiger partial charge on any atom is -0.361 e. The molecule has 0 amide bonds. The largest absolute Gasteiger partial charge is 0.361 e. The highest BCUT2D eigenvalue weighted by atomic mass is 16.5. The van der Waals surface area contributed by atoms with E-state index in [1.54, 1.807) is 0 Å². The number of hydrogen-bond acceptors (Lipinski definition) is 5. The van der Waals surface area contributed by atoms with Crippen LogP contribution in [0.25, 0.3) is 11.3 Å². The zero-order valence-corrected chi connectivity index (χ0v) is 16.0. The van der Waals surface area contributed by atoms with Crippen molar-refractivity contribution >= 4 is 0 Å². The minimum absolute atomic E-state index is 0.0151. The number of aromatic nitrogens is 3. The molecule has 0 atom stereocenters. The van der Waals surface area contributed by atoms with Crippen LogP contribution in [0.2, 0.25) is 0 Å². The molecule has 1 aliphatic heterocycles. The monoisotopic (exact) mass is 364 g/mol. The van der Waals surface area contributed by atoms with Gasteiger partial charge in [-0.3, -0.25) is 9.69 Å². The number of aryl methyl sites for hydroxylation is 1. The summed E-state index contributed by atoms with van der Waals surface area (Å²) in [6.07, 6.45) is 0.782. The van der Waals surface area contributed by atoms with Crippen molar-refractivity contribution in [1.29, 1.82) is 0 Å². The molecule has 0 fully saturated rings. The van der Waals surface area contributed by atoms with E-state index in [1.807, 2.05) is 51.1 Å². The predicted octanol–water partition coefficient (Wildman–Crippen LogP) is 3.42. The summed E-state index contributed by atoms with van der Waals surface area (Å²) in [5.41, 5.74) is 4.69. The van der Waals surface area contributed by atoms with Crippen LogP contribution in [-0.2, 0) is 19.5 Å². The van der Waals surface area contributed by atoms with Crippen molar-refractivity contribution in [2.45, 2.75) is 46.2 Å². The SMILES string of the molecule is Cc1onc(-c2ccccc2)c1CN1CCc2nc(C(C)C)[nH]c(=O)c2C1. The zero-order chi connectivity index (χ0) is 19.0. The number of fused-ring (bicyclic) bond motifs is 1. The molecule has 0 bridgehead atoms. The van der Waals surface area contributed by atoms with Gasteiger partial charge in [-0.1, -0.05) is 49.3 Å². The van der Waals surface area contributed by atoms with Crippen LogP contribution < -0.4 is 5.56 Å². The van der Waals surface area contributed by atoms with E-state index >= 15 is 0 Å². The first-order valence-corrected chi connectivity index (χ1v) is 9.38. The highest BCUT2D eigenvalue weighted by molar-refractivity contribution is 5.63. The molecule has 2 aromatic heterocycles. The fourth-order valence-corrected chi connectivity index (χ4v) is 3.53. The summed E-state index contributed by atoms with van der Waals surface area (Å²) in [4.78, 5) is 22.4. The van der Waals surface area contributed by atoms with Gasteiger partial charge in [-0.05, 0) is 6.92 Å². The summed E-state index contributed by atoms with van der Waals surface area (Å²) >= 11 is 0. The number of benzene rings is 1. The third kappa shape index (κ3) is 3.45. The molecule has 0 radical (unpaired) electrons. The van der Waals surface area contributed by atoms with Crippen LogP contribution in [0.15, 0.2) is 39.6 Å². The molecule has 4 rings (SSSR count). The van der Waals surface area contributed by atoms with Crippen LogP contribution in [0, 0.1) is 6.92 Å². The van der Waals surface area contributed by atoms with Crippen LogP contribution in [0.4, 0.5) is 0 Å². The molecule has 27 heavy (non-hydrogen) atoms. The average molecular weight is 364 g/mol. The summed E-state index contributed by atoms with van der Waals surface area (Å²) in [7, 11) is 0. The van der Waals surface area contributed by atoms with Gasteiger partial charge in [-0.15, -0.1) is 0 Å². The number of hydrogen-bond donors (Lipinski definition) is 1. The number of nitrogens with zero attached hydrogens (tertiary/aromatic N) is 3. The summed E-state index contributed by atoms with van der Waals surface area (Å²) in [6, 6.07) is 10.1. The molecule has 1 N–H and O–H groups in total. The molecule has 0 spiro atoms. The number of H-pyrrole nitrogens is 1. The van der Waals surface area contributed by atoms with Gasteiger partial charge >= 0.3 is 0 Å². The molecule has 6 nitrogen and oxygen atoms in total. The summed E-state index contributed by atoms with van der Waals surface area (Å²) in [5.74, 6) is 1.81. The van der Waals surface area contributed by atoms with Gasteiger partial charge in [0.15, 0.2) is 0 Å². The molecule has 3 aromatic rings. The molecule has 0 saturated carbocycles. The Hall–Kier alpha value is -2.73. The van der Waals surface area contributed by atoms with Crippen molar-refractivity contribution in [3.05, 3.63) is 69.1 Å². The lowest BCUT2D eigenvalue weighted by molar-refractivity contribution is 0.240. The highest BCUT2D eigenvalue weighted by Gasteiger charge is 2.24. The van der Waals surface area contributed by atoms with Crippen LogP contribution in [0.5, 0.6) is 0 Å². The maximum Gasteiger partial charge on any atom is 0.255 e. The Morgan fingerprint density at radius 2 is 2.04 bits per heavy atom. The first-order valence-electron chi connectivity index (χ1n) is 9.38. The van der Waals surface area contributed by atoms with Gasteiger partial charge in [0.05, 0.1) is 11.3 Å². The van der Waals surface area contributed by atoms with Gasteiger partial charge in [0.2, 0.25) is 0 Å². The standard InChI is InChI=1S/C21H24N4O2/c1-13(2)20-22-18-9-10-25(12-17(18)21(26)23-20)11-16-14(3)27-24-19(16)15-7-5-4-6-8-15/h4-8,13H,9-12H2,1-3H3,(H,22,23,26). The maximum absolute atomic E-state index is 12.5. The number of rotatable bonds is 4. The van der Waals surface area contributed by atoms with E-state index in [2.05, 4.69) is 20.0 Å². The van der Waals surface area contributed by atoms with Gasteiger partial charge < -0.3 is 9.51 Å². The van der Waals surface area contributed by atoms with Crippen molar-refractivity contribution < 1.29 is 4.52 Å². The van der Waals surface area contributed by atoms with E-state index in [1.165, 1.54) is 0 Å². The molecule has 3 heterocycles. The molecule has 6 heteroatoms. The maximum atomic E-state index is 12.5. The normalized spacial score (nSPS) is 14.5. The molecule has 1 aliphatic rings. The molecule has 140 valence electrons. The van der Waals surface area contributed by atoms with Crippen molar-refractivity contribution in [3.8, 4) is 11.3 Å². The van der Waals surface area contributed by atoms with Gasteiger partial charge in [-0.2, -0.15) is 0 Å². The Bertz CT molecular complexity index is 1000. The molecule has 0 aliphatic carbocycles. The van der Waals surface area contributed by atoms with Gasteiger partial charge in [0.25, 0.3) is 5.56 Å². The van der Waals surface area contributed by atoms with Gasteiger partial charge in [0.1, 0.15) is 17.3 Å². The van der Waals surface area contributed by atoms with Gasteiger partial charge in [-0.25, -0.2) is 4.98 Å².